The number of benzene rings is 1. The maximum absolute atomic E-state index is 6.04. The van der Waals surface area contributed by atoms with Crippen molar-refractivity contribution in [3.8, 4) is 0 Å². The van der Waals surface area contributed by atoms with Crippen molar-refractivity contribution in [1.29, 1.82) is 0 Å². The minimum absolute atomic E-state index is 0. The van der Waals surface area contributed by atoms with E-state index in [9.17, 15) is 0 Å². The average Bonchev–Trinajstić information content (AvgIpc) is 3.22. The van der Waals surface area contributed by atoms with Gasteiger partial charge in [0.25, 0.3) is 0 Å². The Morgan fingerprint density at radius 3 is 2.50 bits per heavy atom. The van der Waals surface area contributed by atoms with Crippen molar-refractivity contribution in [2.24, 2.45) is 10.9 Å². The van der Waals surface area contributed by atoms with Crippen LogP contribution >= 0.6 is 35.6 Å². The van der Waals surface area contributed by atoms with Crippen LogP contribution in [0.3, 0.4) is 0 Å². The van der Waals surface area contributed by atoms with Gasteiger partial charge in [-0.1, -0.05) is 23.7 Å². The number of ether oxygens (including phenoxy) is 1. The molecule has 3 rings (SSSR count). The van der Waals surface area contributed by atoms with Crippen LogP contribution < -0.4 is 10.6 Å². The molecule has 0 bridgehead atoms. The number of hydrogen-bond acceptors (Lipinski definition) is 4. The van der Waals surface area contributed by atoms with Gasteiger partial charge in [0, 0.05) is 50.9 Å². The third-order valence-corrected chi connectivity index (χ3v) is 6.29. The van der Waals surface area contributed by atoms with Crippen molar-refractivity contribution in [3.63, 3.8) is 0 Å². The Morgan fingerprint density at radius 2 is 1.93 bits per heavy atom. The predicted octanol–water partition coefficient (Wildman–Crippen LogP) is 3.23. The lowest BCUT2D eigenvalue weighted by Gasteiger charge is -2.34. The van der Waals surface area contributed by atoms with Gasteiger partial charge >= 0.3 is 0 Å². The number of guanidine groups is 1. The average molecular weight is 550 g/mol. The molecule has 170 valence electrons. The van der Waals surface area contributed by atoms with E-state index in [1.165, 1.54) is 18.5 Å². The minimum atomic E-state index is 0. The maximum atomic E-state index is 6.04. The predicted molar refractivity (Wildman–Crippen MR) is 136 cm³/mol. The topological polar surface area (TPSA) is 52.1 Å². The molecule has 2 N–H and O–H groups in total. The second kappa shape index (κ2) is 13.1. The molecule has 2 aliphatic rings. The van der Waals surface area contributed by atoms with E-state index in [0.717, 1.165) is 62.6 Å². The van der Waals surface area contributed by atoms with E-state index in [2.05, 4.69) is 51.7 Å². The van der Waals surface area contributed by atoms with E-state index in [4.69, 9.17) is 16.3 Å². The third kappa shape index (κ3) is 7.82. The van der Waals surface area contributed by atoms with Crippen molar-refractivity contribution in [1.82, 2.24) is 20.4 Å². The number of nitrogens with zero attached hydrogens (tertiary/aromatic N) is 3. The molecule has 2 saturated heterocycles. The Bertz CT molecular complexity index is 643. The van der Waals surface area contributed by atoms with Crippen molar-refractivity contribution >= 4 is 41.5 Å². The quantitative estimate of drug-likeness (QED) is 0.311. The summed E-state index contributed by atoms with van der Waals surface area (Å²) < 4.78 is 5.51. The Labute approximate surface area is 203 Å². The number of hydrogen-bond donors (Lipinski definition) is 2. The highest BCUT2D eigenvalue weighted by atomic mass is 127. The lowest BCUT2D eigenvalue weighted by molar-refractivity contribution is 0.150. The molecule has 0 amide bonds. The first-order valence-corrected chi connectivity index (χ1v) is 11.1. The fourth-order valence-corrected chi connectivity index (χ4v) is 4.34. The lowest BCUT2D eigenvalue weighted by Crippen LogP contribution is -2.50. The number of halogens is 2. The van der Waals surface area contributed by atoms with Crippen LogP contribution in [0.4, 0.5) is 0 Å². The molecule has 2 heterocycles. The van der Waals surface area contributed by atoms with Crippen LogP contribution in [0.25, 0.3) is 0 Å². The zero-order valence-corrected chi connectivity index (χ0v) is 21.5. The second-order valence-electron chi connectivity index (χ2n) is 8.43. The molecule has 8 heteroatoms. The summed E-state index contributed by atoms with van der Waals surface area (Å²) >= 11 is 6.04. The summed E-state index contributed by atoms with van der Waals surface area (Å²) in [5.74, 6) is 1.61. The van der Waals surface area contributed by atoms with E-state index in [0.29, 0.717) is 6.04 Å². The minimum Gasteiger partial charge on any atom is -0.381 e. The molecule has 2 aliphatic heterocycles. The normalized spacial score (nSPS) is 22.0. The summed E-state index contributed by atoms with van der Waals surface area (Å²) in [6.45, 7) is 6.15. The van der Waals surface area contributed by atoms with Gasteiger partial charge in [0.2, 0.25) is 0 Å². The number of piperidine rings is 1. The first kappa shape index (κ1) is 25.6. The number of aliphatic imine (C=N–C) groups is 1. The van der Waals surface area contributed by atoms with E-state index in [-0.39, 0.29) is 30.0 Å². The van der Waals surface area contributed by atoms with E-state index >= 15 is 0 Å². The summed E-state index contributed by atoms with van der Waals surface area (Å²) in [7, 11) is 6.04. The molecule has 0 aliphatic carbocycles. The molecule has 0 saturated carbocycles. The molecule has 30 heavy (non-hydrogen) atoms. The monoisotopic (exact) mass is 549 g/mol. The van der Waals surface area contributed by atoms with Gasteiger partial charge in [-0.2, -0.15) is 0 Å². The van der Waals surface area contributed by atoms with Crippen molar-refractivity contribution in [2.45, 2.75) is 31.3 Å². The van der Waals surface area contributed by atoms with Gasteiger partial charge in [0.15, 0.2) is 5.96 Å². The maximum Gasteiger partial charge on any atom is 0.191 e. The van der Waals surface area contributed by atoms with Gasteiger partial charge in [0.05, 0.1) is 12.6 Å². The summed E-state index contributed by atoms with van der Waals surface area (Å²) in [4.78, 5) is 9.26. The molecule has 2 fully saturated rings. The van der Waals surface area contributed by atoms with Gasteiger partial charge in [-0.05, 0) is 57.0 Å². The standard InChI is InChI=1S/C22H36ClN5O.HI/c1-24-22(25-14-21(27(2)3)18-4-6-19(23)7-5-18)26-20-8-11-28(12-9-20)15-17-10-13-29-16-17;/h4-7,17,20-21H,8-16H2,1-3H3,(H2,24,25,26);1H. The molecule has 6 nitrogen and oxygen atoms in total. The number of likely N-dealkylation sites (N-methyl/N-ethyl adjacent to an activating group) is 1. The summed E-state index contributed by atoms with van der Waals surface area (Å²) in [6, 6.07) is 8.82. The molecule has 0 spiro atoms. The molecule has 0 aromatic heterocycles. The van der Waals surface area contributed by atoms with Crippen LogP contribution in [-0.4, -0.2) is 82.3 Å². The van der Waals surface area contributed by atoms with Crippen LogP contribution in [-0.2, 0) is 4.74 Å². The van der Waals surface area contributed by atoms with E-state index in [1.54, 1.807) is 0 Å². The van der Waals surface area contributed by atoms with Gasteiger partial charge in [0.1, 0.15) is 0 Å². The highest BCUT2D eigenvalue weighted by Crippen LogP contribution is 2.20. The molecule has 1 aromatic rings. The van der Waals surface area contributed by atoms with Crippen molar-refractivity contribution in [2.75, 3.05) is 60.5 Å². The van der Waals surface area contributed by atoms with Crippen LogP contribution in [0.15, 0.2) is 29.3 Å². The van der Waals surface area contributed by atoms with E-state index < -0.39 is 0 Å². The van der Waals surface area contributed by atoms with Crippen LogP contribution in [0.2, 0.25) is 5.02 Å². The van der Waals surface area contributed by atoms with Gasteiger partial charge < -0.3 is 25.2 Å². The van der Waals surface area contributed by atoms with Crippen LogP contribution in [0.1, 0.15) is 30.9 Å². The van der Waals surface area contributed by atoms with Crippen molar-refractivity contribution < 1.29 is 4.74 Å². The fourth-order valence-electron chi connectivity index (χ4n) is 4.22. The molecular weight excluding hydrogens is 513 g/mol. The fraction of sp³-hybridized carbons (Fsp3) is 0.682. The molecule has 0 radical (unpaired) electrons. The Morgan fingerprint density at radius 1 is 1.23 bits per heavy atom. The molecule has 2 unspecified atom stereocenters. The summed E-state index contributed by atoms with van der Waals surface area (Å²) in [5, 5.41) is 7.91. The smallest absolute Gasteiger partial charge is 0.191 e. The second-order valence-corrected chi connectivity index (χ2v) is 8.87. The van der Waals surface area contributed by atoms with Crippen LogP contribution in [0.5, 0.6) is 0 Å². The van der Waals surface area contributed by atoms with E-state index in [1.807, 2.05) is 19.2 Å². The number of likely N-dealkylation sites (tertiary alicyclic amines) is 1. The Balaban J connectivity index is 0.00000320. The highest BCUT2D eigenvalue weighted by molar-refractivity contribution is 14.0. The molecule has 1 aromatic carbocycles. The zero-order valence-electron chi connectivity index (χ0n) is 18.4. The SMILES string of the molecule is CN=C(NCC(c1ccc(Cl)cc1)N(C)C)NC1CCN(CC2CCOC2)CC1.I. The Kier molecular flexibility index (Phi) is 11.2. The molecular formula is C22H37ClIN5O. The third-order valence-electron chi connectivity index (χ3n) is 6.03. The number of nitrogens with one attached hydrogen (secondary N) is 2. The molecule has 2 atom stereocenters. The lowest BCUT2D eigenvalue weighted by atomic mass is 10.0. The first-order valence-electron chi connectivity index (χ1n) is 10.7. The van der Waals surface area contributed by atoms with Gasteiger partial charge in [-0.15, -0.1) is 24.0 Å². The summed E-state index contributed by atoms with van der Waals surface area (Å²) in [6.07, 6.45) is 3.53. The Hall–Kier alpha value is -0.610. The first-order chi connectivity index (χ1) is 14.0. The highest BCUT2D eigenvalue weighted by Gasteiger charge is 2.24. The van der Waals surface area contributed by atoms with Gasteiger partial charge in [-0.25, -0.2) is 0 Å². The van der Waals surface area contributed by atoms with Gasteiger partial charge in [-0.3, -0.25) is 4.99 Å². The largest absolute Gasteiger partial charge is 0.381 e. The number of rotatable bonds is 7. The van der Waals surface area contributed by atoms with Crippen molar-refractivity contribution in [3.05, 3.63) is 34.9 Å². The summed E-state index contributed by atoms with van der Waals surface area (Å²) in [5.41, 5.74) is 1.24. The zero-order chi connectivity index (χ0) is 20.6. The van der Waals surface area contributed by atoms with Crippen LogP contribution in [0, 0.1) is 5.92 Å².